The van der Waals surface area contributed by atoms with Gasteiger partial charge in [0.25, 0.3) is 0 Å². The molecule has 1 N–H and O–H groups in total. The van der Waals surface area contributed by atoms with Crippen LogP contribution in [-0.4, -0.2) is 15.9 Å². The Morgan fingerprint density at radius 1 is 1.26 bits per heavy atom. The molecule has 0 aliphatic heterocycles. The number of carbonyl (C=O) groups is 1. The molecule has 2 heterocycles. The van der Waals surface area contributed by atoms with E-state index in [0.29, 0.717) is 5.13 Å². The van der Waals surface area contributed by atoms with Crippen LogP contribution < -0.4 is 5.32 Å². The first kappa shape index (κ1) is 15.3. The highest BCUT2D eigenvalue weighted by molar-refractivity contribution is 7.19. The number of benzene rings is 1. The predicted molar refractivity (Wildman–Crippen MR) is 88.8 cm³/mol. The minimum absolute atomic E-state index is 0.178. The van der Waals surface area contributed by atoms with E-state index >= 15 is 0 Å². The number of amides is 1. The van der Waals surface area contributed by atoms with Crippen LogP contribution in [0.4, 0.5) is 9.52 Å². The van der Waals surface area contributed by atoms with E-state index in [1.165, 1.54) is 23.5 Å². The zero-order chi connectivity index (χ0) is 16.2. The highest BCUT2D eigenvalue weighted by Crippen LogP contribution is 2.32. The predicted octanol–water partition coefficient (Wildman–Crippen LogP) is 3.83. The van der Waals surface area contributed by atoms with Gasteiger partial charge in [-0.3, -0.25) is 9.78 Å². The molecule has 0 bridgehead atoms. The van der Waals surface area contributed by atoms with Crippen LogP contribution >= 0.6 is 11.3 Å². The van der Waals surface area contributed by atoms with Gasteiger partial charge in [0, 0.05) is 18.0 Å². The largest absolute Gasteiger partial charge is 0.302 e. The lowest BCUT2D eigenvalue weighted by Crippen LogP contribution is -2.14. The molecule has 1 amide bonds. The topological polar surface area (TPSA) is 54.9 Å². The molecule has 3 aromatic rings. The van der Waals surface area contributed by atoms with Crippen molar-refractivity contribution in [2.75, 3.05) is 5.32 Å². The van der Waals surface area contributed by atoms with Crippen LogP contribution in [0.1, 0.15) is 11.3 Å². The van der Waals surface area contributed by atoms with Gasteiger partial charge in [-0.25, -0.2) is 9.37 Å². The summed E-state index contributed by atoms with van der Waals surface area (Å²) in [7, 11) is 0. The number of anilines is 1. The fraction of sp³-hybridized carbons (Fsp3) is 0.118. The number of aromatic nitrogens is 2. The fourth-order valence-electron chi connectivity index (χ4n) is 2.17. The van der Waals surface area contributed by atoms with Gasteiger partial charge < -0.3 is 5.32 Å². The zero-order valence-corrected chi connectivity index (χ0v) is 13.2. The molecule has 0 atom stereocenters. The molecular formula is C17H14FN3OS. The zero-order valence-electron chi connectivity index (χ0n) is 12.4. The van der Waals surface area contributed by atoms with Gasteiger partial charge in [-0.05, 0) is 30.7 Å². The third-order valence-electron chi connectivity index (χ3n) is 3.24. The third-order valence-corrected chi connectivity index (χ3v) is 4.37. The highest BCUT2D eigenvalue weighted by Gasteiger charge is 2.12. The van der Waals surface area contributed by atoms with Crippen LogP contribution in [0.5, 0.6) is 0 Å². The number of carbonyl (C=O) groups excluding carboxylic acids is 1. The smallest absolute Gasteiger partial charge is 0.230 e. The molecule has 0 aliphatic carbocycles. The highest BCUT2D eigenvalue weighted by atomic mass is 32.1. The monoisotopic (exact) mass is 327 g/mol. The van der Waals surface area contributed by atoms with Crippen molar-refractivity contribution in [1.82, 2.24) is 9.97 Å². The Balaban J connectivity index is 1.71. The molecular weight excluding hydrogens is 313 g/mol. The lowest BCUT2D eigenvalue weighted by molar-refractivity contribution is -0.115. The van der Waals surface area contributed by atoms with Crippen LogP contribution in [0.3, 0.4) is 0 Å². The van der Waals surface area contributed by atoms with Gasteiger partial charge in [0.1, 0.15) is 5.82 Å². The summed E-state index contributed by atoms with van der Waals surface area (Å²) >= 11 is 1.41. The van der Waals surface area contributed by atoms with Gasteiger partial charge in [-0.15, -0.1) is 0 Å². The summed E-state index contributed by atoms with van der Waals surface area (Å²) in [4.78, 5) is 21.5. The first-order valence-corrected chi connectivity index (χ1v) is 7.85. The number of nitrogens with one attached hydrogen (secondary N) is 1. The fourth-order valence-corrected chi connectivity index (χ4v) is 3.14. The Morgan fingerprint density at radius 2 is 2.04 bits per heavy atom. The van der Waals surface area contributed by atoms with Crippen LogP contribution in [0.2, 0.25) is 0 Å². The Bertz CT molecular complexity index is 816. The second-order valence-corrected chi connectivity index (χ2v) is 6.03. The van der Waals surface area contributed by atoms with E-state index in [9.17, 15) is 9.18 Å². The SMILES string of the molecule is Cc1nc(NC(=O)Cc2ccc(F)cc2)sc1-c1cccnc1. The quantitative estimate of drug-likeness (QED) is 0.792. The molecule has 0 aliphatic rings. The molecule has 116 valence electrons. The van der Waals surface area contributed by atoms with Crippen LogP contribution in [0.25, 0.3) is 10.4 Å². The summed E-state index contributed by atoms with van der Waals surface area (Å²) in [5.74, 6) is -0.492. The Morgan fingerprint density at radius 3 is 2.74 bits per heavy atom. The second kappa shape index (κ2) is 6.66. The van der Waals surface area contributed by atoms with Crippen LogP contribution in [-0.2, 0) is 11.2 Å². The summed E-state index contributed by atoms with van der Waals surface area (Å²) in [6.45, 7) is 1.90. The van der Waals surface area contributed by atoms with Crippen molar-refractivity contribution in [3.8, 4) is 10.4 Å². The second-order valence-electron chi connectivity index (χ2n) is 5.03. The van der Waals surface area contributed by atoms with E-state index in [-0.39, 0.29) is 18.1 Å². The molecule has 0 radical (unpaired) electrons. The number of hydrogen-bond donors (Lipinski definition) is 1. The van der Waals surface area contributed by atoms with Crippen molar-refractivity contribution < 1.29 is 9.18 Å². The summed E-state index contributed by atoms with van der Waals surface area (Å²) in [5, 5.41) is 3.34. The standard InChI is InChI=1S/C17H14FN3OS/c1-11-16(13-3-2-8-19-10-13)23-17(20-11)21-15(22)9-12-4-6-14(18)7-5-12/h2-8,10H,9H2,1H3,(H,20,21,22). The maximum atomic E-state index is 12.9. The van der Waals surface area contributed by atoms with Crippen molar-refractivity contribution >= 4 is 22.4 Å². The van der Waals surface area contributed by atoms with E-state index < -0.39 is 0 Å². The first-order chi connectivity index (χ1) is 11.1. The molecule has 0 fully saturated rings. The number of pyridine rings is 1. The van der Waals surface area contributed by atoms with E-state index in [1.807, 2.05) is 19.1 Å². The van der Waals surface area contributed by atoms with Gasteiger partial charge in [0.05, 0.1) is 17.0 Å². The Labute approximate surface area is 137 Å². The lowest BCUT2D eigenvalue weighted by atomic mass is 10.1. The van der Waals surface area contributed by atoms with Gasteiger partial charge in [0.2, 0.25) is 5.91 Å². The van der Waals surface area contributed by atoms with E-state index in [1.54, 1.807) is 24.5 Å². The van der Waals surface area contributed by atoms with E-state index in [0.717, 1.165) is 21.7 Å². The molecule has 3 rings (SSSR count). The number of hydrogen-bond acceptors (Lipinski definition) is 4. The van der Waals surface area contributed by atoms with Gasteiger partial charge in [0.15, 0.2) is 5.13 Å². The van der Waals surface area contributed by atoms with Gasteiger partial charge >= 0.3 is 0 Å². The molecule has 0 saturated carbocycles. The average molecular weight is 327 g/mol. The van der Waals surface area contributed by atoms with Crippen LogP contribution in [0.15, 0.2) is 48.8 Å². The summed E-state index contributed by atoms with van der Waals surface area (Å²) in [6, 6.07) is 9.71. The van der Waals surface area contributed by atoms with Crippen molar-refractivity contribution in [2.24, 2.45) is 0 Å². The molecule has 1 aromatic carbocycles. The van der Waals surface area contributed by atoms with Gasteiger partial charge in [-0.2, -0.15) is 0 Å². The normalized spacial score (nSPS) is 10.5. The minimum atomic E-state index is -0.314. The number of thiazole rings is 1. The summed E-state index contributed by atoms with van der Waals surface area (Å²) in [5.41, 5.74) is 2.58. The van der Waals surface area contributed by atoms with E-state index in [4.69, 9.17) is 0 Å². The minimum Gasteiger partial charge on any atom is -0.302 e. The molecule has 4 nitrogen and oxygen atoms in total. The summed E-state index contributed by atoms with van der Waals surface area (Å²) in [6.07, 6.45) is 3.66. The number of aryl methyl sites for hydroxylation is 1. The third kappa shape index (κ3) is 3.78. The number of nitrogens with zero attached hydrogens (tertiary/aromatic N) is 2. The van der Waals surface area contributed by atoms with Crippen molar-refractivity contribution in [2.45, 2.75) is 13.3 Å². The Hall–Kier alpha value is -2.60. The molecule has 0 unspecified atom stereocenters. The average Bonchev–Trinajstić information content (AvgIpc) is 2.91. The Kier molecular flexibility index (Phi) is 4.43. The summed E-state index contributed by atoms with van der Waals surface area (Å²) < 4.78 is 12.9. The maximum Gasteiger partial charge on any atom is 0.230 e. The number of halogens is 1. The number of rotatable bonds is 4. The molecule has 0 spiro atoms. The van der Waals surface area contributed by atoms with Crippen molar-refractivity contribution in [3.05, 3.63) is 65.9 Å². The molecule has 6 heteroatoms. The van der Waals surface area contributed by atoms with Crippen LogP contribution in [0, 0.1) is 12.7 Å². The van der Waals surface area contributed by atoms with Gasteiger partial charge in [-0.1, -0.05) is 29.5 Å². The first-order valence-electron chi connectivity index (χ1n) is 7.04. The maximum absolute atomic E-state index is 12.9. The van der Waals surface area contributed by atoms with Crippen molar-refractivity contribution in [3.63, 3.8) is 0 Å². The molecule has 23 heavy (non-hydrogen) atoms. The lowest BCUT2D eigenvalue weighted by Gasteiger charge is -2.01. The van der Waals surface area contributed by atoms with Crippen molar-refractivity contribution in [1.29, 1.82) is 0 Å². The molecule has 0 saturated heterocycles. The van der Waals surface area contributed by atoms with E-state index in [2.05, 4.69) is 15.3 Å². The molecule has 2 aromatic heterocycles.